The molecule has 0 bridgehead atoms. The fourth-order valence-electron chi connectivity index (χ4n) is 9.65. The molecule has 4 heterocycles. The van der Waals surface area contributed by atoms with E-state index in [2.05, 4.69) is 20.9 Å². The number of carbonyl (C=O) groups is 8. The Kier molecular flexibility index (Phi) is 14.0. The molecule has 58 heavy (non-hydrogen) atoms. The highest BCUT2D eigenvalue weighted by Gasteiger charge is 2.46. The van der Waals surface area contributed by atoms with Crippen molar-refractivity contribution in [2.45, 2.75) is 147 Å². The quantitative estimate of drug-likeness (QED) is 0.178. The molecular formula is C43H59N7O8. The lowest BCUT2D eigenvalue weighted by molar-refractivity contribution is -0.144. The maximum atomic E-state index is 14.5. The van der Waals surface area contributed by atoms with E-state index in [0.29, 0.717) is 48.8 Å². The number of Topliss-reactive ketones (excluding diaryl/α,β-unsaturated/α-hetero) is 2. The number of fused-ring (bicyclic) bond motifs is 2. The molecule has 6 amide bonds. The lowest BCUT2D eigenvalue weighted by atomic mass is 9.76. The van der Waals surface area contributed by atoms with E-state index in [4.69, 9.17) is 5.73 Å². The van der Waals surface area contributed by atoms with Crippen LogP contribution in [0.5, 0.6) is 0 Å². The van der Waals surface area contributed by atoms with E-state index >= 15 is 0 Å². The second kappa shape index (κ2) is 19.1. The van der Waals surface area contributed by atoms with Gasteiger partial charge >= 0.3 is 0 Å². The molecule has 2 aromatic rings. The number of nitrogens with one attached hydrogen (secondary N) is 4. The third-order valence-electron chi connectivity index (χ3n) is 12.7. The number of nitrogens with two attached hydrogens (primary N) is 1. The van der Waals surface area contributed by atoms with Crippen LogP contribution in [0.4, 0.5) is 0 Å². The standard InChI is InChI=1S/C43H59N7O8/c1-25(51)28-11-14-33-29(21-28)22-36(46-33)40(55)48-35-15-12-30(45-26(2)52)23-31-13-17-37(50(31)43(35)58)41(56)47-34(16-18-39(44)54)38(53)24-32(27-9-5-3-6-10-27)42(57)49-19-7-4-8-20-49/h11,14,21-22,27,30-32,34-35,37,46H,3-10,12-13,15-20,23-24H2,1-2H3,(H2,44,54)(H,45,52)(H,47,56)(H,48,55)/t30-,31-,32+,34+,35+,37+/m1/s1. The molecule has 6 N–H and O–H groups in total. The molecule has 314 valence electrons. The first-order valence-electron chi connectivity index (χ1n) is 21.2. The Balaban J connectivity index is 1.21. The molecule has 15 nitrogen and oxygen atoms in total. The summed E-state index contributed by atoms with van der Waals surface area (Å²) in [6.45, 7) is 4.21. The van der Waals surface area contributed by atoms with Crippen LogP contribution in [0.2, 0.25) is 0 Å². The number of amides is 6. The maximum Gasteiger partial charge on any atom is 0.268 e. The highest BCUT2D eigenvalue weighted by Crippen LogP contribution is 2.35. The molecule has 15 heteroatoms. The summed E-state index contributed by atoms with van der Waals surface area (Å²) in [5.74, 6) is -3.35. The Bertz CT molecular complexity index is 1900. The van der Waals surface area contributed by atoms with Crippen LogP contribution in [0.1, 0.15) is 137 Å². The van der Waals surface area contributed by atoms with E-state index in [1.165, 1.54) is 18.7 Å². The van der Waals surface area contributed by atoms with Gasteiger partial charge in [0.05, 0.1) is 6.04 Å². The van der Waals surface area contributed by atoms with Crippen molar-refractivity contribution in [3.63, 3.8) is 0 Å². The number of rotatable bonds is 14. The summed E-state index contributed by atoms with van der Waals surface area (Å²) in [6, 6.07) is 2.79. The molecule has 0 spiro atoms. The van der Waals surface area contributed by atoms with Crippen molar-refractivity contribution in [2.24, 2.45) is 17.6 Å². The highest BCUT2D eigenvalue weighted by molar-refractivity contribution is 6.03. The highest BCUT2D eigenvalue weighted by atomic mass is 16.2. The number of nitrogens with zero attached hydrogens (tertiary/aromatic N) is 2. The summed E-state index contributed by atoms with van der Waals surface area (Å²) in [7, 11) is 0. The molecule has 4 aliphatic rings. The smallest absolute Gasteiger partial charge is 0.268 e. The van der Waals surface area contributed by atoms with Crippen molar-refractivity contribution in [3.8, 4) is 0 Å². The average molecular weight is 802 g/mol. The largest absolute Gasteiger partial charge is 0.370 e. The predicted octanol–water partition coefficient (Wildman–Crippen LogP) is 3.44. The van der Waals surface area contributed by atoms with E-state index in [1.54, 1.807) is 24.3 Å². The topological polar surface area (TPSA) is 221 Å². The number of carbonyl (C=O) groups excluding carboxylic acids is 8. The Hall–Kier alpha value is -5.08. The normalized spacial score (nSPS) is 23.9. The molecule has 1 aromatic heterocycles. The summed E-state index contributed by atoms with van der Waals surface area (Å²) in [5, 5.41) is 9.37. The van der Waals surface area contributed by atoms with Crippen molar-refractivity contribution in [1.29, 1.82) is 0 Å². The summed E-state index contributed by atoms with van der Waals surface area (Å²) >= 11 is 0. The van der Waals surface area contributed by atoms with Gasteiger partial charge < -0.3 is 36.5 Å². The second-order valence-electron chi connectivity index (χ2n) is 16.9. The zero-order valence-corrected chi connectivity index (χ0v) is 33.8. The predicted molar refractivity (Wildman–Crippen MR) is 215 cm³/mol. The maximum absolute atomic E-state index is 14.5. The van der Waals surface area contributed by atoms with Crippen LogP contribution in [0.25, 0.3) is 10.9 Å². The molecule has 4 fully saturated rings. The third kappa shape index (κ3) is 10.3. The van der Waals surface area contributed by atoms with Gasteiger partial charge in [0.1, 0.15) is 17.8 Å². The third-order valence-corrected chi connectivity index (χ3v) is 12.7. The van der Waals surface area contributed by atoms with E-state index < -0.39 is 53.7 Å². The minimum atomic E-state index is -1.10. The fourth-order valence-corrected chi connectivity index (χ4v) is 9.65. The molecular weight excluding hydrogens is 743 g/mol. The summed E-state index contributed by atoms with van der Waals surface area (Å²) in [6.07, 6.45) is 9.18. The first-order chi connectivity index (χ1) is 27.8. The average Bonchev–Trinajstić information content (AvgIpc) is 3.83. The number of hydrogen-bond donors (Lipinski definition) is 5. The molecule has 3 aliphatic heterocycles. The molecule has 0 unspecified atom stereocenters. The first-order valence-corrected chi connectivity index (χ1v) is 21.2. The Labute approximate surface area is 339 Å². The number of H-pyrrole nitrogens is 1. The molecule has 1 saturated carbocycles. The van der Waals surface area contributed by atoms with Gasteiger partial charge in [0.2, 0.25) is 29.5 Å². The van der Waals surface area contributed by atoms with Crippen LogP contribution in [-0.4, -0.2) is 105 Å². The number of benzene rings is 1. The molecule has 6 atom stereocenters. The number of likely N-dealkylation sites (tertiary alicyclic amines) is 1. The summed E-state index contributed by atoms with van der Waals surface area (Å²) < 4.78 is 0. The van der Waals surface area contributed by atoms with E-state index in [0.717, 1.165) is 51.4 Å². The van der Waals surface area contributed by atoms with Crippen molar-refractivity contribution < 1.29 is 38.4 Å². The van der Waals surface area contributed by atoms with Crippen LogP contribution in [0.15, 0.2) is 24.3 Å². The molecule has 0 radical (unpaired) electrons. The Morgan fingerprint density at radius 3 is 2.28 bits per heavy atom. The molecule has 6 rings (SSSR count). The second-order valence-corrected chi connectivity index (χ2v) is 16.9. The summed E-state index contributed by atoms with van der Waals surface area (Å²) in [5.41, 5.74) is 6.85. The van der Waals surface area contributed by atoms with Gasteiger partial charge in [-0.05, 0) is 108 Å². The van der Waals surface area contributed by atoms with E-state index in [1.807, 2.05) is 4.90 Å². The summed E-state index contributed by atoms with van der Waals surface area (Å²) in [4.78, 5) is 113. The first kappa shape index (κ1) is 42.5. The van der Waals surface area contributed by atoms with Gasteiger partial charge in [-0.1, -0.05) is 19.3 Å². The van der Waals surface area contributed by atoms with Gasteiger partial charge in [0.15, 0.2) is 11.6 Å². The monoisotopic (exact) mass is 801 g/mol. The van der Waals surface area contributed by atoms with E-state index in [9.17, 15) is 38.4 Å². The van der Waals surface area contributed by atoms with Crippen LogP contribution in [-0.2, 0) is 28.8 Å². The SMILES string of the molecule is CC(=O)N[C@@H]1CC[C@H](NC(=O)c2cc3cc(C(C)=O)ccc3[nH]2)C(=O)N2[C@H](CC[C@H]2C(=O)N[C@@H](CCC(N)=O)C(=O)C[C@H](C(=O)N2CCCCC2)C2CCCCC2)C1. The van der Waals surface area contributed by atoms with Gasteiger partial charge in [0.25, 0.3) is 5.91 Å². The van der Waals surface area contributed by atoms with Crippen LogP contribution in [0, 0.1) is 11.8 Å². The number of aromatic nitrogens is 1. The molecule has 3 saturated heterocycles. The van der Waals surface area contributed by atoms with Crippen LogP contribution >= 0.6 is 0 Å². The van der Waals surface area contributed by atoms with Gasteiger partial charge in [-0.25, -0.2) is 0 Å². The number of aromatic amines is 1. The van der Waals surface area contributed by atoms with Crippen molar-refractivity contribution in [3.05, 3.63) is 35.5 Å². The molecule has 1 aliphatic carbocycles. The number of piperidine rings is 1. The lowest BCUT2D eigenvalue weighted by Crippen LogP contribution is -2.59. The van der Waals surface area contributed by atoms with Gasteiger partial charge in [-0.3, -0.25) is 38.4 Å². The van der Waals surface area contributed by atoms with E-state index in [-0.39, 0.29) is 73.1 Å². The number of hydrogen-bond acceptors (Lipinski definition) is 8. The van der Waals surface area contributed by atoms with Crippen molar-refractivity contribution in [2.75, 3.05) is 13.1 Å². The van der Waals surface area contributed by atoms with Crippen molar-refractivity contribution in [1.82, 2.24) is 30.7 Å². The molecule has 1 aromatic carbocycles. The minimum absolute atomic E-state index is 0.0140. The van der Waals surface area contributed by atoms with Crippen LogP contribution in [0.3, 0.4) is 0 Å². The fraction of sp³-hybridized carbons (Fsp3) is 0.628. The van der Waals surface area contributed by atoms with Gasteiger partial charge in [-0.15, -0.1) is 0 Å². The number of primary amides is 1. The zero-order valence-electron chi connectivity index (χ0n) is 33.8. The lowest BCUT2D eigenvalue weighted by Gasteiger charge is -2.38. The Morgan fingerprint density at radius 2 is 1.59 bits per heavy atom. The van der Waals surface area contributed by atoms with Crippen molar-refractivity contribution >= 4 is 57.9 Å². The Morgan fingerprint density at radius 1 is 0.862 bits per heavy atom. The zero-order chi connectivity index (χ0) is 41.5. The van der Waals surface area contributed by atoms with Crippen LogP contribution < -0.4 is 21.7 Å². The minimum Gasteiger partial charge on any atom is -0.370 e. The van der Waals surface area contributed by atoms with Gasteiger partial charge in [0, 0.05) is 67.3 Å². The number of ketones is 2. The van der Waals surface area contributed by atoms with Gasteiger partial charge in [-0.2, -0.15) is 0 Å².